The van der Waals surface area contributed by atoms with E-state index in [1.54, 1.807) is 18.4 Å². The molecule has 5 nitrogen and oxygen atoms in total. The summed E-state index contributed by atoms with van der Waals surface area (Å²) in [5.74, 6) is -0.0858. The second kappa shape index (κ2) is 5.32. The van der Waals surface area contributed by atoms with Crippen molar-refractivity contribution in [3.8, 4) is 0 Å². The van der Waals surface area contributed by atoms with Crippen LogP contribution in [-0.2, 0) is 9.47 Å². The topological polar surface area (TPSA) is 63.4 Å². The molecule has 0 radical (unpaired) electrons. The maximum atomic E-state index is 12.2. The highest BCUT2D eigenvalue weighted by molar-refractivity contribution is 7.17. The molecular weight excluding hydrogens is 264 g/mol. The van der Waals surface area contributed by atoms with E-state index in [1.165, 1.54) is 0 Å². The van der Waals surface area contributed by atoms with Gasteiger partial charge in [-0.2, -0.15) is 0 Å². The van der Waals surface area contributed by atoms with E-state index in [9.17, 15) is 4.79 Å². The fourth-order valence-corrected chi connectivity index (χ4v) is 3.11. The molecule has 0 bridgehead atoms. The number of thiophene rings is 1. The van der Waals surface area contributed by atoms with Crippen LogP contribution in [0.4, 0.5) is 0 Å². The lowest BCUT2D eigenvalue weighted by Crippen LogP contribution is -2.49. The lowest BCUT2D eigenvalue weighted by Gasteiger charge is -2.30. The Kier molecular flexibility index (Phi) is 3.54. The molecule has 1 fully saturated rings. The maximum Gasteiger partial charge on any atom is 0.268 e. The zero-order valence-electron chi connectivity index (χ0n) is 10.6. The third kappa shape index (κ3) is 2.51. The van der Waals surface area contributed by atoms with Crippen molar-refractivity contribution in [2.24, 2.45) is 0 Å². The van der Waals surface area contributed by atoms with Gasteiger partial charge in [-0.25, -0.2) is 0 Å². The SMILES string of the molecule is CO[C@@H]1COCC[C@H]1NC(=O)c1cc2sccc2[nH]1. The van der Waals surface area contributed by atoms with E-state index in [1.807, 2.05) is 17.5 Å². The van der Waals surface area contributed by atoms with Gasteiger partial charge in [-0.05, 0) is 23.9 Å². The lowest BCUT2D eigenvalue weighted by atomic mass is 10.1. The summed E-state index contributed by atoms with van der Waals surface area (Å²) in [4.78, 5) is 15.3. The van der Waals surface area contributed by atoms with E-state index in [-0.39, 0.29) is 18.1 Å². The molecule has 0 saturated carbocycles. The van der Waals surface area contributed by atoms with Crippen LogP contribution < -0.4 is 5.32 Å². The number of carbonyl (C=O) groups excluding carboxylic acids is 1. The van der Waals surface area contributed by atoms with E-state index in [0.29, 0.717) is 18.9 Å². The number of nitrogens with one attached hydrogen (secondary N) is 2. The van der Waals surface area contributed by atoms with Crippen LogP contribution in [0, 0.1) is 0 Å². The largest absolute Gasteiger partial charge is 0.379 e. The zero-order chi connectivity index (χ0) is 13.2. The fraction of sp³-hybridized carbons (Fsp3) is 0.462. The maximum absolute atomic E-state index is 12.2. The Labute approximate surface area is 114 Å². The second-order valence-electron chi connectivity index (χ2n) is 4.60. The molecule has 2 N–H and O–H groups in total. The summed E-state index contributed by atoms with van der Waals surface area (Å²) >= 11 is 1.62. The fourth-order valence-electron chi connectivity index (χ4n) is 2.33. The van der Waals surface area contributed by atoms with Crippen LogP contribution in [0.2, 0.25) is 0 Å². The third-order valence-corrected chi connectivity index (χ3v) is 4.27. The van der Waals surface area contributed by atoms with E-state index in [2.05, 4.69) is 10.3 Å². The molecule has 2 atom stereocenters. The highest BCUT2D eigenvalue weighted by Crippen LogP contribution is 2.21. The average Bonchev–Trinajstić information content (AvgIpc) is 3.00. The molecule has 3 heterocycles. The van der Waals surface area contributed by atoms with Crippen molar-refractivity contribution in [3.63, 3.8) is 0 Å². The Morgan fingerprint density at radius 1 is 1.63 bits per heavy atom. The van der Waals surface area contributed by atoms with E-state index >= 15 is 0 Å². The van der Waals surface area contributed by atoms with Gasteiger partial charge in [0, 0.05) is 13.7 Å². The summed E-state index contributed by atoms with van der Waals surface area (Å²) in [5, 5.41) is 5.02. The minimum Gasteiger partial charge on any atom is -0.379 e. The highest BCUT2D eigenvalue weighted by atomic mass is 32.1. The number of hydrogen-bond donors (Lipinski definition) is 2. The molecule has 0 spiro atoms. The molecule has 0 aliphatic carbocycles. The Morgan fingerprint density at radius 2 is 2.53 bits per heavy atom. The van der Waals surface area contributed by atoms with Crippen molar-refractivity contribution in [2.45, 2.75) is 18.6 Å². The van der Waals surface area contributed by atoms with Crippen LogP contribution in [0.5, 0.6) is 0 Å². The van der Waals surface area contributed by atoms with Crippen LogP contribution in [0.1, 0.15) is 16.9 Å². The van der Waals surface area contributed by atoms with Crippen molar-refractivity contribution in [1.29, 1.82) is 0 Å². The average molecular weight is 280 g/mol. The summed E-state index contributed by atoms with van der Waals surface area (Å²) < 4.78 is 11.8. The van der Waals surface area contributed by atoms with Crippen molar-refractivity contribution < 1.29 is 14.3 Å². The first kappa shape index (κ1) is 12.7. The normalized spacial score (nSPS) is 23.6. The highest BCUT2D eigenvalue weighted by Gasteiger charge is 2.27. The van der Waals surface area contributed by atoms with Gasteiger partial charge in [-0.3, -0.25) is 4.79 Å². The van der Waals surface area contributed by atoms with Gasteiger partial charge in [0.05, 0.1) is 22.9 Å². The quantitative estimate of drug-likeness (QED) is 0.900. The molecular formula is C13H16N2O3S. The number of fused-ring (bicyclic) bond motifs is 1. The van der Waals surface area contributed by atoms with Gasteiger partial charge in [0.25, 0.3) is 5.91 Å². The number of ether oxygens (including phenoxy) is 2. The van der Waals surface area contributed by atoms with E-state index in [0.717, 1.165) is 16.6 Å². The molecule has 1 aliphatic rings. The predicted molar refractivity (Wildman–Crippen MR) is 73.7 cm³/mol. The Balaban J connectivity index is 1.71. The van der Waals surface area contributed by atoms with E-state index in [4.69, 9.17) is 9.47 Å². The van der Waals surface area contributed by atoms with Crippen LogP contribution in [0.15, 0.2) is 17.5 Å². The summed E-state index contributed by atoms with van der Waals surface area (Å²) in [7, 11) is 1.64. The number of H-pyrrole nitrogens is 1. The Hall–Kier alpha value is -1.37. The summed E-state index contributed by atoms with van der Waals surface area (Å²) in [5.41, 5.74) is 1.61. The van der Waals surface area contributed by atoms with Gasteiger partial charge in [-0.1, -0.05) is 0 Å². The number of aromatic amines is 1. The zero-order valence-corrected chi connectivity index (χ0v) is 11.5. The first-order valence-electron chi connectivity index (χ1n) is 6.25. The molecule has 2 aromatic heterocycles. The number of methoxy groups -OCH3 is 1. The van der Waals surface area contributed by atoms with Gasteiger partial charge < -0.3 is 19.8 Å². The van der Waals surface area contributed by atoms with Crippen LogP contribution in [0.25, 0.3) is 10.2 Å². The smallest absolute Gasteiger partial charge is 0.268 e. The number of rotatable bonds is 3. The monoisotopic (exact) mass is 280 g/mol. The lowest BCUT2D eigenvalue weighted by molar-refractivity contribution is -0.0479. The van der Waals surface area contributed by atoms with Gasteiger partial charge in [-0.15, -0.1) is 11.3 Å². The molecule has 1 saturated heterocycles. The molecule has 19 heavy (non-hydrogen) atoms. The van der Waals surface area contributed by atoms with Crippen LogP contribution >= 0.6 is 11.3 Å². The molecule has 102 valence electrons. The number of hydrogen-bond acceptors (Lipinski definition) is 4. The third-order valence-electron chi connectivity index (χ3n) is 3.41. The second-order valence-corrected chi connectivity index (χ2v) is 5.55. The Morgan fingerprint density at radius 3 is 3.32 bits per heavy atom. The number of amides is 1. The molecule has 3 rings (SSSR count). The van der Waals surface area contributed by atoms with Gasteiger partial charge >= 0.3 is 0 Å². The minimum atomic E-state index is -0.0858. The number of aromatic nitrogens is 1. The van der Waals surface area contributed by atoms with Crippen molar-refractivity contribution in [1.82, 2.24) is 10.3 Å². The van der Waals surface area contributed by atoms with Crippen molar-refractivity contribution in [2.75, 3.05) is 20.3 Å². The van der Waals surface area contributed by atoms with Crippen LogP contribution in [-0.4, -0.2) is 43.4 Å². The van der Waals surface area contributed by atoms with Crippen LogP contribution in [0.3, 0.4) is 0 Å². The molecule has 2 aromatic rings. The van der Waals surface area contributed by atoms with Crippen molar-refractivity contribution >= 4 is 27.5 Å². The standard InChI is InChI=1S/C13H16N2O3S/c1-17-11-7-18-4-2-8(11)15-13(16)10-6-12-9(14-10)3-5-19-12/h3,5-6,8,11,14H,2,4,7H2,1H3,(H,15,16)/t8-,11-/m1/s1. The van der Waals surface area contributed by atoms with E-state index < -0.39 is 0 Å². The van der Waals surface area contributed by atoms with Gasteiger partial charge in [0.1, 0.15) is 11.8 Å². The first-order chi connectivity index (χ1) is 9.28. The molecule has 1 aliphatic heterocycles. The van der Waals surface area contributed by atoms with Crippen molar-refractivity contribution in [3.05, 3.63) is 23.2 Å². The predicted octanol–water partition coefficient (Wildman–Crippen LogP) is 1.76. The minimum absolute atomic E-state index is 0.00702. The molecule has 1 amide bonds. The van der Waals surface area contributed by atoms with Gasteiger partial charge in [0.15, 0.2) is 0 Å². The first-order valence-corrected chi connectivity index (χ1v) is 7.13. The summed E-state index contributed by atoms with van der Waals surface area (Å²) in [6.45, 7) is 1.19. The molecule has 0 aromatic carbocycles. The summed E-state index contributed by atoms with van der Waals surface area (Å²) in [6.07, 6.45) is 0.702. The Bertz CT molecular complexity index is 549. The number of carbonyl (C=O) groups is 1. The molecule has 0 unspecified atom stereocenters. The molecule has 6 heteroatoms. The van der Waals surface area contributed by atoms with Gasteiger partial charge in [0.2, 0.25) is 0 Å². The summed E-state index contributed by atoms with van der Waals surface area (Å²) in [6, 6.07) is 3.87.